The van der Waals surface area contributed by atoms with Crippen molar-refractivity contribution < 1.29 is 0 Å². The lowest BCUT2D eigenvalue weighted by Gasteiger charge is -2.14. The molecule has 0 fully saturated rings. The highest BCUT2D eigenvalue weighted by Gasteiger charge is 2.15. The summed E-state index contributed by atoms with van der Waals surface area (Å²) in [4.78, 5) is 0. The van der Waals surface area contributed by atoms with E-state index in [4.69, 9.17) is 0 Å². The number of nitriles is 1. The lowest BCUT2D eigenvalue weighted by molar-refractivity contribution is 1.18. The molecule has 0 spiro atoms. The van der Waals surface area contributed by atoms with Gasteiger partial charge in [-0.3, -0.25) is 0 Å². The summed E-state index contributed by atoms with van der Waals surface area (Å²) < 4.78 is 2.27. The first-order chi connectivity index (χ1) is 22.3. The van der Waals surface area contributed by atoms with Gasteiger partial charge in [0.05, 0.1) is 22.7 Å². The van der Waals surface area contributed by atoms with E-state index in [-0.39, 0.29) is 0 Å². The average Bonchev–Trinajstić information content (AvgIpc) is 3.44. The molecule has 0 bridgehead atoms. The van der Waals surface area contributed by atoms with Crippen molar-refractivity contribution in [3.8, 4) is 34.0 Å². The molecule has 0 unspecified atom stereocenters. The lowest BCUT2D eigenvalue weighted by Crippen LogP contribution is -1.93. The van der Waals surface area contributed by atoms with Gasteiger partial charge in [0, 0.05) is 16.5 Å². The lowest BCUT2D eigenvalue weighted by atomic mass is 9.90. The topological polar surface area (TPSA) is 28.7 Å². The smallest absolute Gasteiger partial charge is 0.0992 e. The minimum Gasteiger partial charge on any atom is -0.309 e. The van der Waals surface area contributed by atoms with Crippen LogP contribution in [0.5, 0.6) is 0 Å². The summed E-state index contributed by atoms with van der Waals surface area (Å²) in [5.74, 6) is 0. The third-order valence-electron chi connectivity index (χ3n) is 9.21. The van der Waals surface area contributed by atoms with Crippen LogP contribution >= 0.6 is 0 Å². The molecular weight excluding hydrogens is 544 g/mol. The average molecular weight is 571 g/mol. The first kappa shape index (κ1) is 25.3. The van der Waals surface area contributed by atoms with Gasteiger partial charge in [0.1, 0.15) is 0 Å². The van der Waals surface area contributed by atoms with Crippen LogP contribution in [0, 0.1) is 11.3 Å². The summed E-state index contributed by atoms with van der Waals surface area (Å²) >= 11 is 0. The number of benzene rings is 8. The second kappa shape index (κ2) is 9.95. The molecule has 0 amide bonds. The van der Waals surface area contributed by atoms with Gasteiger partial charge in [-0.05, 0) is 91.0 Å². The Balaban J connectivity index is 1.21. The Labute approximate surface area is 260 Å². The second-order valence-electron chi connectivity index (χ2n) is 11.7. The Morgan fingerprint density at radius 1 is 0.400 bits per heavy atom. The fourth-order valence-corrected chi connectivity index (χ4v) is 7.06. The van der Waals surface area contributed by atoms with Gasteiger partial charge in [0.2, 0.25) is 0 Å². The fourth-order valence-electron chi connectivity index (χ4n) is 7.06. The van der Waals surface area contributed by atoms with E-state index in [9.17, 15) is 5.26 Å². The Hall–Kier alpha value is -6.17. The van der Waals surface area contributed by atoms with Gasteiger partial charge in [-0.2, -0.15) is 5.26 Å². The van der Waals surface area contributed by atoms with E-state index in [1.165, 1.54) is 54.4 Å². The van der Waals surface area contributed by atoms with Crippen LogP contribution < -0.4 is 0 Å². The highest BCUT2D eigenvalue weighted by molar-refractivity contribution is 6.21. The highest BCUT2D eigenvalue weighted by atomic mass is 15.0. The molecule has 208 valence electrons. The number of rotatable bonds is 3. The van der Waals surface area contributed by atoms with E-state index in [0.29, 0.717) is 5.56 Å². The van der Waals surface area contributed by atoms with Gasteiger partial charge in [-0.1, -0.05) is 121 Å². The van der Waals surface area contributed by atoms with Gasteiger partial charge in [0.15, 0.2) is 0 Å². The van der Waals surface area contributed by atoms with E-state index < -0.39 is 0 Å². The standard InChI is InChI=1S/C43H26N2/c44-27-28-14-21-38-39-23-20-32(25-43(39)45(42(38)24-28)33-9-2-1-3-10-33)29-15-17-31(18-16-29)40-26-41-34-11-5-4-8-30(34)19-22-37(41)35-12-6-7-13-36(35)40/h1-26H. The maximum absolute atomic E-state index is 9.63. The first-order valence-electron chi connectivity index (χ1n) is 15.2. The van der Waals surface area contributed by atoms with Crippen LogP contribution in [0.25, 0.3) is 82.1 Å². The highest BCUT2D eigenvalue weighted by Crippen LogP contribution is 2.39. The summed E-state index contributed by atoms with van der Waals surface area (Å²) in [5, 5.41) is 19.6. The largest absolute Gasteiger partial charge is 0.309 e. The zero-order valence-corrected chi connectivity index (χ0v) is 24.4. The van der Waals surface area contributed by atoms with Crippen molar-refractivity contribution in [3.05, 3.63) is 163 Å². The Morgan fingerprint density at radius 3 is 1.80 bits per heavy atom. The maximum Gasteiger partial charge on any atom is 0.0992 e. The predicted molar refractivity (Wildman–Crippen MR) is 189 cm³/mol. The van der Waals surface area contributed by atoms with Gasteiger partial charge in [0.25, 0.3) is 0 Å². The molecule has 0 saturated heterocycles. The normalized spacial score (nSPS) is 11.5. The molecule has 8 aromatic carbocycles. The zero-order chi connectivity index (χ0) is 29.9. The van der Waals surface area contributed by atoms with Gasteiger partial charge in [-0.25, -0.2) is 0 Å². The van der Waals surface area contributed by atoms with Crippen molar-refractivity contribution in [2.75, 3.05) is 0 Å². The summed E-state index contributed by atoms with van der Waals surface area (Å²) in [6.45, 7) is 0. The third-order valence-corrected chi connectivity index (χ3v) is 9.21. The van der Waals surface area contributed by atoms with Crippen LogP contribution in [0.15, 0.2) is 158 Å². The van der Waals surface area contributed by atoms with Crippen molar-refractivity contribution in [3.63, 3.8) is 0 Å². The monoisotopic (exact) mass is 570 g/mol. The summed E-state index contributed by atoms with van der Waals surface area (Å²) in [6, 6.07) is 58.6. The van der Waals surface area contributed by atoms with Crippen molar-refractivity contribution in [1.82, 2.24) is 4.57 Å². The molecule has 0 aliphatic rings. The van der Waals surface area contributed by atoms with Crippen molar-refractivity contribution >= 4 is 54.1 Å². The number of para-hydroxylation sites is 1. The van der Waals surface area contributed by atoms with Crippen molar-refractivity contribution in [1.29, 1.82) is 5.26 Å². The Morgan fingerprint density at radius 2 is 1.00 bits per heavy atom. The molecule has 0 aliphatic carbocycles. The van der Waals surface area contributed by atoms with Crippen LogP contribution in [0.4, 0.5) is 0 Å². The fraction of sp³-hybridized carbons (Fsp3) is 0. The molecule has 0 aliphatic heterocycles. The van der Waals surface area contributed by atoms with Crippen LogP contribution in [-0.4, -0.2) is 4.57 Å². The molecular formula is C43H26N2. The molecule has 0 radical (unpaired) electrons. The van der Waals surface area contributed by atoms with E-state index in [2.05, 4.69) is 150 Å². The summed E-state index contributed by atoms with van der Waals surface area (Å²) in [7, 11) is 0. The molecule has 9 rings (SSSR count). The van der Waals surface area contributed by atoms with Crippen LogP contribution in [0.2, 0.25) is 0 Å². The van der Waals surface area contributed by atoms with E-state index in [1.54, 1.807) is 0 Å². The molecule has 1 heterocycles. The number of aromatic nitrogens is 1. The SMILES string of the molecule is N#Cc1ccc2c3ccc(-c4ccc(-c5cc6c7ccccc7ccc6c6ccccc56)cc4)cc3n(-c3ccccc3)c2c1. The maximum atomic E-state index is 9.63. The summed E-state index contributed by atoms with van der Waals surface area (Å²) in [6.07, 6.45) is 0. The molecule has 9 aromatic rings. The molecule has 2 nitrogen and oxygen atoms in total. The van der Waals surface area contributed by atoms with Crippen LogP contribution in [-0.2, 0) is 0 Å². The summed E-state index contributed by atoms with van der Waals surface area (Å²) in [5.41, 5.74) is 8.67. The third kappa shape index (κ3) is 3.95. The van der Waals surface area contributed by atoms with E-state index in [0.717, 1.165) is 27.7 Å². The zero-order valence-electron chi connectivity index (χ0n) is 24.4. The minimum atomic E-state index is 0.660. The first-order valence-corrected chi connectivity index (χ1v) is 15.2. The molecule has 2 heteroatoms. The molecule has 45 heavy (non-hydrogen) atoms. The van der Waals surface area contributed by atoms with Gasteiger partial charge >= 0.3 is 0 Å². The number of fused-ring (bicyclic) bond motifs is 8. The quantitative estimate of drug-likeness (QED) is 0.194. The molecule has 0 saturated carbocycles. The van der Waals surface area contributed by atoms with Crippen LogP contribution in [0.1, 0.15) is 5.56 Å². The number of hydrogen-bond acceptors (Lipinski definition) is 1. The Kier molecular flexibility index (Phi) is 5.60. The van der Waals surface area contributed by atoms with E-state index >= 15 is 0 Å². The number of nitrogens with zero attached hydrogens (tertiary/aromatic N) is 2. The van der Waals surface area contributed by atoms with Gasteiger partial charge < -0.3 is 4.57 Å². The van der Waals surface area contributed by atoms with E-state index in [1.807, 2.05) is 18.2 Å². The minimum absolute atomic E-state index is 0.660. The van der Waals surface area contributed by atoms with Crippen molar-refractivity contribution in [2.45, 2.75) is 0 Å². The van der Waals surface area contributed by atoms with Gasteiger partial charge in [-0.15, -0.1) is 0 Å². The Bertz CT molecular complexity index is 2640. The number of hydrogen-bond donors (Lipinski definition) is 0. The second-order valence-corrected chi connectivity index (χ2v) is 11.7. The van der Waals surface area contributed by atoms with Crippen molar-refractivity contribution in [2.24, 2.45) is 0 Å². The molecule has 0 N–H and O–H groups in total. The van der Waals surface area contributed by atoms with Crippen LogP contribution in [0.3, 0.4) is 0 Å². The molecule has 1 aromatic heterocycles. The molecule has 0 atom stereocenters. The predicted octanol–water partition coefficient (Wildman–Crippen LogP) is 11.4.